The lowest BCUT2D eigenvalue weighted by Gasteiger charge is -2.21. The molecule has 2 aliphatic heterocycles. The van der Waals surface area contributed by atoms with Gasteiger partial charge in [-0.2, -0.15) is 0 Å². The summed E-state index contributed by atoms with van der Waals surface area (Å²) >= 11 is 0. The van der Waals surface area contributed by atoms with Crippen LogP contribution in [-0.2, 0) is 11.3 Å². The molecule has 7 nitrogen and oxygen atoms in total. The van der Waals surface area contributed by atoms with Gasteiger partial charge in [-0.25, -0.2) is 9.59 Å². The number of rotatable bonds is 3. The maximum atomic E-state index is 12.1. The molecular weight excluding hydrogens is 276 g/mol. The molecule has 0 radical (unpaired) electrons. The number of likely N-dealkylation sites (tertiary alicyclic amines) is 1. The van der Waals surface area contributed by atoms with Gasteiger partial charge in [-0.15, -0.1) is 0 Å². The van der Waals surface area contributed by atoms with Crippen molar-refractivity contribution in [1.82, 2.24) is 10.2 Å². The van der Waals surface area contributed by atoms with Gasteiger partial charge in [-0.1, -0.05) is 6.07 Å². The van der Waals surface area contributed by atoms with E-state index in [9.17, 15) is 9.59 Å². The Kier molecular flexibility index (Phi) is 3.55. The Hall–Kier alpha value is -2.44. The summed E-state index contributed by atoms with van der Waals surface area (Å²) in [6.07, 6.45) is 1.22. The first-order chi connectivity index (χ1) is 10.1. The Bertz CT molecular complexity index is 574. The largest absolute Gasteiger partial charge is 0.480 e. The second-order valence-corrected chi connectivity index (χ2v) is 5.04. The quantitative estimate of drug-likeness (QED) is 0.873. The molecule has 2 aliphatic rings. The monoisotopic (exact) mass is 292 g/mol. The van der Waals surface area contributed by atoms with E-state index >= 15 is 0 Å². The van der Waals surface area contributed by atoms with E-state index in [1.807, 2.05) is 6.07 Å². The molecule has 21 heavy (non-hydrogen) atoms. The highest BCUT2D eigenvalue weighted by Gasteiger charge is 2.33. The van der Waals surface area contributed by atoms with Crippen molar-refractivity contribution in [3.05, 3.63) is 23.8 Å². The van der Waals surface area contributed by atoms with Crippen molar-refractivity contribution in [2.45, 2.75) is 25.4 Å². The Labute approximate surface area is 121 Å². The summed E-state index contributed by atoms with van der Waals surface area (Å²) in [5, 5.41) is 11.8. The lowest BCUT2D eigenvalue weighted by atomic mass is 10.2. The molecule has 112 valence electrons. The second kappa shape index (κ2) is 5.51. The van der Waals surface area contributed by atoms with Crippen LogP contribution >= 0.6 is 0 Å². The third-order valence-electron chi connectivity index (χ3n) is 3.68. The van der Waals surface area contributed by atoms with Gasteiger partial charge in [0, 0.05) is 13.1 Å². The fourth-order valence-electron chi connectivity index (χ4n) is 2.60. The standard InChI is InChI=1S/C14H16N2O5/c17-13(18)10-2-1-5-16(10)14(19)15-7-9-3-4-11-12(6-9)21-8-20-11/h3-4,6,10H,1-2,5,7-8H2,(H,15,19)(H,17,18)/t10-/m1/s1. The number of hydrogen-bond donors (Lipinski definition) is 2. The molecule has 0 aromatic heterocycles. The number of carboxylic acids is 1. The van der Waals surface area contributed by atoms with Crippen LogP contribution in [0.15, 0.2) is 18.2 Å². The molecular formula is C14H16N2O5. The average Bonchev–Trinajstić information content (AvgIpc) is 3.12. The number of aliphatic carboxylic acids is 1. The van der Waals surface area contributed by atoms with Crippen LogP contribution in [0.5, 0.6) is 11.5 Å². The number of ether oxygens (including phenoxy) is 2. The van der Waals surface area contributed by atoms with Crippen molar-refractivity contribution in [2.75, 3.05) is 13.3 Å². The van der Waals surface area contributed by atoms with Gasteiger partial charge in [0.2, 0.25) is 6.79 Å². The minimum Gasteiger partial charge on any atom is -0.480 e. The summed E-state index contributed by atoms with van der Waals surface area (Å²) in [5.74, 6) is 0.396. The highest BCUT2D eigenvalue weighted by atomic mass is 16.7. The van der Waals surface area contributed by atoms with Gasteiger partial charge in [-0.05, 0) is 30.5 Å². The van der Waals surface area contributed by atoms with E-state index in [-0.39, 0.29) is 12.8 Å². The molecule has 2 heterocycles. The number of nitrogens with zero attached hydrogens (tertiary/aromatic N) is 1. The van der Waals surface area contributed by atoms with Crippen molar-refractivity contribution in [2.24, 2.45) is 0 Å². The maximum Gasteiger partial charge on any atom is 0.326 e. The van der Waals surface area contributed by atoms with Crippen molar-refractivity contribution in [1.29, 1.82) is 0 Å². The number of hydrogen-bond acceptors (Lipinski definition) is 4. The van der Waals surface area contributed by atoms with Gasteiger partial charge in [0.1, 0.15) is 6.04 Å². The number of nitrogens with one attached hydrogen (secondary N) is 1. The van der Waals surface area contributed by atoms with Crippen LogP contribution < -0.4 is 14.8 Å². The third kappa shape index (κ3) is 2.72. The van der Waals surface area contributed by atoms with Crippen LogP contribution in [0.1, 0.15) is 18.4 Å². The molecule has 0 spiro atoms. The van der Waals surface area contributed by atoms with Crippen LogP contribution in [0.3, 0.4) is 0 Å². The maximum absolute atomic E-state index is 12.1. The van der Waals surface area contributed by atoms with Gasteiger partial charge in [0.25, 0.3) is 0 Å². The van der Waals surface area contributed by atoms with Crippen LogP contribution in [0, 0.1) is 0 Å². The van der Waals surface area contributed by atoms with Crippen LogP contribution in [0.2, 0.25) is 0 Å². The number of amides is 2. The molecule has 1 fully saturated rings. The first kappa shape index (κ1) is 13.5. The molecule has 7 heteroatoms. The van der Waals surface area contributed by atoms with E-state index in [1.165, 1.54) is 4.90 Å². The molecule has 1 aromatic rings. The summed E-state index contributed by atoms with van der Waals surface area (Å²) in [6, 6.07) is 4.37. The van der Waals surface area contributed by atoms with Crippen molar-refractivity contribution >= 4 is 12.0 Å². The van der Waals surface area contributed by atoms with E-state index in [0.29, 0.717) is 37.4 Å². The smallest absolute Gasteiger partial charge is 0.326 e. The Morgan fingerprint density at radius 2 is 2.14 bits per heavy atom. The highest BCUT2D eigenvalue weighted by molar-refractivity contribution is 5.83. The van der Waals surface area contributed by atoms with Crippen LogP contribution in [-0.4, -0.2) is 41.4 Å². The van der Waals surface area contributed by atoms with Gasteiger partial charge in [-0.3, -0.25) is 0 Å². The topological polar surface area (TPSA) is 88.1 Å². The molecule has 0 saturated carbocycles. The molecule has 2 N–H and O–H groups in total. The van der Waals surface area contributed by atoms with Crippen LogP contribution in [0.4, 0.5) is 4.79 Å². The van der Waals surface area contributed by atoms with E-state index in [2.05, 4.69) is 5.32 Å². The first-order valence-electron chi connectivity index (χ1n) is 6.81. The van der Waals surface area contributed by atoms with E-state index in [1.54, 1.807) is 12.1 Å². The molecule has 1 saturated heterocycles. The van der Waals surface area contributed by atoms with Crippen LogP contribution in [0.25, 0.3) is 0 Å². The third-order valence-corrected chi connectivity index (χ3v) is 3.68. The number of benzene rings is 1. The van der Waals surface area contributed by atoms with E-state index < -0.39 is 12.0 Å². The summed E-state index contributed by atoms with van der Waals surface area (Å²) < 4.78 is 10.5. The number of carbonyl (C=O) groups excluding carboxylic acids is 1. The SMILES string of the molecule is O=C(O)[C@H]1CCCN1C(=O)NCc1ccc2c(c1)OCO2. The summed E-state index contributed by atoms with van der Waals surface area (Å²) in [5.41, 5.74) is 0.874. The summed E-state index contributed by atoms with van der Waals surface area (Å²) in [7, 11) is 0. The van der Waals surface area contributed by atoms with E-state index in [0.717, 1.165) is 5.56 Å². The van der Waals surface area contributed by atoms with E-state index in [4.69, 9.17) is 14.6 Å². The number of carbonyl (C=O) groups is 2. The zero-order valence-electron chi connectivity index (χ0n) is 11.4. The molecule has 0 aliphatic carbocycles. The lowest BCUT2D eigenvalue weighted by molar-refractivity contribution is -0.141. The van der Waals surface area contributed by atoms with Gasteiger partial charge in [0.15, 0.2) is 11.5 Å². The fourth-order valence-corrected chi connectivity index (χ4v) is 2.60. The number of carboxylic acid groups (broad SMARTS) is 1. The minimum atomic E-state index is -0.953. The molecule has 0 bridgehead atoms. The average molecular weight is 292 g/mol. The van der Waals surface area contributed by atoms with Crippen molar-refractivity contribution in [3.63, 3.8) is 0 Å². The second-order valence-electron chi connectivity index (χ2n) is 5.04. The Morgan fingerprint density at radius 1 is 1.33 bits per heavy atom. The summed E-state index contributed by atoms with van der Waals surface area (Å²) in [6.45, 7) is 1.00. The van der Waals surface area contributed by atoms with Crippen molar-refractivity contribution < 1.29 is 24.2 Å². The van der Waals surface area contributed by atoms with Gasteiger partial charge < -0.3 is 24.8 Å². The Morgan fingerprint density at radius 3 is 2.95 bits per heavy atom. The normalized spacial score (nSPS) is 19.6. The summed E-state index contributed by atoms with van der Waals surface area (Å²) in [4.78, 5) is 24.5. The first-order valence-corrected chi connectivity index (χ1v) is 6.81. The molecule has 1 atom stereocenters. The zero-order chi connectivity index (χ0) is 14.8. The number of urea groups is 1. The fraction of sp³-hybridized carbons (Fsp3) is 0.429. The van der Waals surface area contributed by atoms with Gasteiger partial charge >= 0.3 is 12.0 Å². The predicted molar refractivity (Wildman–Crippen MR) is 72.2 cm³/mol. The van der Waals surface area contributed by atoms with Crippen molar-refractivity contribution in [3.8, 4) is 11.5 Å². The molecule has 1 aromatic carbocycles. The van der Waals surface area contributed by atoms with Gasteiger partial charge in [0.05, 0.1) is 0 Å². The lowest BCUT2D eigenvalue weighted by Crippen LogP contribution is -2.45. The highest BCUT2D eigenvalue weighted by Crippen LogP contribution is 2.32. The molecule has 0 unspecified atom stereocenters. The number of fused-ring (bicyclic) bond motifs is 1. The minimum absolute atomic E-state index is 0.208. The molecule has 3 rings (SSSR count). The predicted octanol–water partition coefficient (Wildman–Crippen LogP) is 1.17. The zero-order valence-corrected chi connectivity index (χ0v) is 11.4. The molecule has 2 amide bonds. The Balaban J connectivity index is 1.60.